The van der Waals surface area contributed by atoms with Gasteiger partial charge in [-0.25, -0.2) is 0 Å². The third-order valence-corrected chi connectivity index (χ3v) is 18.2. The molecule has 2 aromatic rings. The minimum atomic E-state index is -3.54. The third kappa shape index (κ3) is 5.23. The first kappa shape index (κ1) is 32.6. The number of nitrogens with zero attached hydrogens (tertiary/aromatic N) is 4. The first-order chi connectivity index (χ1) is 22.0. The van der Waals surface area contributed by atoms with Gasteiger partial charge in [0.25, 0.3) is 0 Å². The van der Waals surface area contributed by atoms with Crippen LogP contribution in [-0.4, -0.2) is 63.5 Å². The fourth-order valence-electron chi connectivity index (χ4n) is 7.32. The molecule has 0 saturated heterocycles. The molecule has 0 aliphatic carbocycles. The van der Waals surface area contributed by atoms with Crippen molar-refractivity contribution in [1.29, 1.82) is 0 Å². The van der Waals surface area contributed by atoms with Gasteiger partial charge in [0.15, 0.2) is 0 Å². The van der Waals surface area contributed by atoms with Gasteiger partial charge < -0.3 is 0 Å². The van der Waals surface area contributed by atoms with Gasteiger partial charge in [0, 0.05) is 0 Å². The van der Waals surface area contributed by atoms with Crippen molar-refractivity contribution in [2.24, 2.45) is 9.98 Å². The van der Waals surface area contributed by atoms with E-state index in [1.807, 2.05) is 0 Å². The maximum atomic E-state index is 12.5. The summed E-state index contributed by atoms with van der Waals surface area (Å²) in [6.45, 7) is 12.9. The zero-order valence-electron chi connectivity index (χ0n) is 27.9. The molecule has 0 spiro atoms. The van der Waals surface area contributed by atoms with Crippen molar-refractivity contribution in [2.45, 2.75) is 80.1 Å². The van der Waals surface area contributed by atoms with Crippen LogP contribution in [0.15, 0.2) is 43.7 Å². The van der Waals surface area contributed by atoms with Crippen LogP contribution in [0.4, 0.5) is 0 Å². The molecule has 0 N–H and O–H groups in total. The standard InChI is InChI=1S/C36H40N4O4.ClH.In/c1-9-23-19(3)27-15-28-21(5)25(11-13-35(41)43-7)33(39-28)18-34-26(12-14-36(42)44-8)22(6)30(40-34)17-32-24(10-2)20(4)29(38-32)16-31(23)37-27;;/h15-18H,9-14H2,1-8H3;1H;/q-2;;+3/p-1. The summed E-state index contributed by atoms with van der Waals surface area (Å²) in [6.07, 6.45) is 12.0. The molecule has 4 aliphatic heterocycles. The summed E-state index contributed by atoms with van der Waals surface area (Å²) in [4.78, 5) is 35.1. The van der Waals surface area contributed by atoms with Crippen molar-refractivity contribution in [3.8, 4) is 0 Å². The Morgan fingerprint density at radius 2 is 1.28 bits per heavy atom. The summed E-state index contributed by atoms with van der Waals surface area (Å²) in [6, 6.07) is 0. The number of halogens is 1. The monoisotopic (exact) mass is 742 g/mol. The predicted molar refractivity (Wildman–Crippen MR) is 186 cm³/mol. The molecular weight excluding hydrogens is 703 g/mol. The van der Waals surface area contributed by atoms with Crippen molar-refractivity contribution in [3.05, 3.63) is 78.0 Å². The molecule has 8 nitrogen and oxygen atoms in total. The summed E-state index contributed by atoms with van der Waals surface area (Å²) in [5, 5.41) is 2.20. The number of esters is 2. The van der Waals surface area contributed by atoms with Crippen LogP contribution < -0.4 is 10.7 Å². The molecule has 238 valence electrons. The fraction of sp³-hybridized carbons (Fsp3) is 0.389. The number of rotatable bonds is 8. The SMILES string of the molecule is CCC1=C(C)C2=NC1=Cc1c(C)c(CCC(=O)OC)c3[n]1[In]([Cl])[n]1c(c(C)c(CC)c1=C2)=CC1=NC(=C3)C(CCC(=O)OC)=C1C. The molecule has 6 bridgehead atoms. The number of aliphatic imine (C=N–C) groups is 2. The second-order valence-corrected chi connectivity index (χ2v) is 19.5. The van der Waals surface area contributed by atoms with E-state index >= 15 is 0 Å². The molecule has 0 fully saturated rings. The van der Waals surface area contributed by atoms with Crippen LogP contribution in [0.1, 0.15) is 87.0 Å². The zero-order chi connectivity index (χ0) is 33.0. The number of methoxy groups -OCH3 is 2. The van der Waals surface area contributed by atoms with E-state index in [2.05, 4.69) is 71.0 Å². The molecule has 0 aromatic carbocycles. The number of hydrogen-bond donors (Lipinski definition) is 0. The zero-order valence-corrected chi connectivity index (χ0v) is 32.0. The molecule has 0 saturated carbocycles. The van der Waals surface area contributed by atoms with E-state index in [9.17, 15) is 9.59 Å². The molecule has 0 amide bonds. The molecule has 46 heavy (non-hydrogen) atoms. The molecule has 0 atom stereocenters. The quantitative estimate of drug-likeness (QED) is 0.341. The van der Waals surface area contributed by atoms with Gasteiger partial charge in [-0.1, -0.05) is 0 Å². The average Bonchev–Trinajstić information content (AvgIpc) is 3.68. The first-order valence-electron chi connectivity index (χ1n) is 16.0. The molecule has 10 heteroatoms. The van der Waals surface area contributed by atoms with E-state index in [4.69, 9.17) is 28.0 Å². The fourth-order valence-corrected chi connectivity index (χ4v) is 16.3. The molecule has 4 aliphatic rings. The Balaban J connectivity index is 1.78. The van der Waals surface area contributed by atoms with Crippen LogP contribution >= 0.6 is 8.58 Å². The molecule has 2 aromatic heterocycles. The van der Waals surface area contributed by atoms with Gasteiger partial charge >= 0.3 is 284 Å². The normalized spacial score (nSPS) is 16.4. The third-order valence-electron chi connectivity index (χ3n) is 9.94. The number of carbonyl (C=O) groups excluding carboxylic acids is 2. The van der Waals surface area contributed by atoms with Crippen LogP contribution in [0.3, 0.4) is 0 Å². The Morgan fingerprint density at radius 1 is 0.717 bits per heavy atom. The van der Waals surface area contributed by atoms with E-state index < -0.39 is 20.8 Å². The number of fused-ring (bicyclic) bond motifs is 2. The summed E-state index contributed by atoms with van der Waals surface area (Å²) >= 11 is -3.54. The molecule has 0 unspecified atom stereocenters. The van der Waals surface area contributed by atoms with Crippen LogP contribution in [0, 0.1) is 13.8 Å². The summed E-state index contributed by atoms with van der Waals surface area (Å²) in [5.41, 5.74) is 14.7. The van der Waals surface area contributed by atoms with Crippen molar-refractivity contribution < 1.29 is 19.1 Å². The van der Waals surface area contributed by atoms with Gasteiger partial charge in [-0.2, -0.15) is 0 Å². The first-order valence-corrected chi connectivity index (χ1v) is 23.1. The van der Waals surface area contributed by atoms with E-state index in [0.717, 1.165) is 80.0 Å². The summed E-state index contributed by atoms with van der Waals surface area (Å²) in [5.74, 6) is -0.516. The Bertz CT molecular complexity index is 2030. The number of carbonyl (C=O) groups is 2. The topological polar surface area (TPSA) is 87.2 Å². The predicted octanol–water partition coefficient (Wildman–Crippen LogP) is 5.37. The van der Waals surface area contributed by atoms with Crippen molar-refractivity contribution in [3.63, 3.8) is 0 Å². The summed E-state index contributed by atoms with van der Waals surface area (Å²) in [7, 11) is 10.8. The Morgan fingerprint density at radius 3 is 1.89 bits per heavy atom. The van der Waals surface area contributed by atoms with Gasteiger partial charge in [0.1, 0.15) is 0 Å². The van der Waals surface area contributed by atoms with Gasteiger partial charge in [0.05, 0.1) is 0 Å². The van der Waals surface area contributed by atoms with Gasteiger partial charge in [-0.15, -0.1) is 0 Å². The van der Waals surface area contributed by atoms with E-state index in [-0.39, 0.29) is 24.8 Å². The van der Waals surface area contributed by atoms with Crippen molar-refractivity contribution in [2.75, 3.05) is 14.2 Å². The van der Waals surface area contributed by atoms with Gasteiger partial charge in [-0.3, -0.25) is 0 Å². The molecule has 6 heterocycles. The minimum absolute atomic E-state index is 0.247. The number of hydrogen-bond acceptors (Lipinski definition) is 6. The molecule has 6 rings (SSSR count). The Hall–Kier alpha value is -3.30. The van der Waals surface area contributed by atoms with Crippen LogP contribution in [0.25, 0.3) is 24.3 Å². The molecule has 0 radical (unpaired) electrons. The Kier molecular flexibility index (Phi) is 9.02. The second-order valence-electron chi connectivity index (χ2n) is 12.2. The van der Waals surface area contributed by atoms with Crippen LogP contribution in [0.5, 0.6) is 0 Å². The van der Waals surface area contributed by atoms with Crippen LogP contribution in [0.2, 0.25) is 0 Å². The van der Waals surface area contributed by atoms with Gasteiger partial charge in [-0.05, 0) is 0 Å². The average molecular weight is 743 g/mol. The number of ether oxygens (including phenoxy) is 2. The second kappa shape index (κ2) is 12.7. The van der Waals surface area contributed by atoms with Gasteiger partial charge in [0.2, 0.25) is 0 Å². The maximum absolute atomic E-state index is 12.5. The van der Waals surface area contributed by atoms with Crippen molar-refractivity contribution in [1.82, 2.24) is 5.11 Å². The van der Waals surface area contributed by atoms with Crippen LogP contribution in [-0.2, 0) is 31.9 Å². The molecular formula is C36H40ClInN4O4. The number of allylic oxidation sites excluding steroid dienone is 4. The summed E-state index contributed by atoms with van der Waals surface area (Å²) < 4.78 is 14.9. The van der Waals surface area contributed by atoms with E-state index in [1.165, 1.54) is 36.5 Å². The van der Waals surface area contributed by atoms with Crippen molar-refractivity contribution >= 4 is 77.1 Å². The van der Waals surface area contributed by atoms with E-state index in [0.29, 0.717) is 12.8 Å². The van der Waals surface area contributed by atoms with E-state index in [1.54, 1.807) is 0 Å². The number of aromatic nitrogens is 2. The Labute approximate surface area is 282 Å².